The van der Waals surface area contributed by atoms with E-state index >= 15 is 0 Å². The Morgan fingerprint density at radius 2 is 2.18 bits per heavy atom. The summed E-state index contributed by atoms with van der Waals surface area (Å²) in [5, 5.41) is 6.66. The van der Waals surface area contributed by atoms with Crippen LogP contribution in [0.4, 0.5) is 4.79 Å². The second-order valence-electron chi connectivity index (χ2n) is 4.87. The highest BCUT2D eigenvalue weighted by atomic mass is 16.6. The van der Waals surface area contributed by atoms with Crippen molar-refractivity contribution >= 4 is 6.09 Å². The smallest absolute Gasteiger partial charge is 0.407 e. The van der Waals surface area contributed by atoms with E-state index in [1.807, 2.05) is 6.92 Å². The van der Waals surface area contributed by atoms with E-state index in [0.717, 1.165) is 12.8 Å². The number of nitrogens with zero attached hydrogens (tertiary/aromatic N) is 3. The second-order valence-corrected chi connectivity index (χ2v) is 4.87. The van der Waals surface area contributed by atoms with Crippen molar-refractivity contribution in [1.82, 2.24) is 5.32 Å². The lowest BCUT2D eigenvalue weighted by Crippen LogP contribution is -2.44. The SMILES string of the molecule is C[C@@H]1OC(=O)N[C@H]1[C@@H](N=[N+]=[N-])C1CCCCC1. The molecule has 0 unspecified atom stereocenters. The summed E-state index contributed by atoms with van der Waals surface area (Å²) >= 11 is 0. The van der Waals surface area contributed by atoms with E-state index in [4.69, 9.17) is 10.3 Å². The monoisotopic (exact) mass is 238 g/mol. The number of amides is 1. The quantitative estimate of drug-likeness (QED) is 0.465. The molecule has 94 valence electrons. The van der Waals surface area contributed by atoms with Crippen molar-refractivity contribution in [3.05, 3.63) is 10.4 Å². The Balaban J connectivity index is 2.10. The van der Waals surface area contributed by atoms with Gasteiger partial charge in [0.05, 0.1) is 12.1 Å². The number of alkyl carbamates (subject to hydrolysis) is 1. The highest BCUT2D eigenvalue weighted by Gasteiger charge is 2.40. The van der Waals surface area contributed by atoms with Crippen LogP contribution in [0, 0.1) is 5.92 Å². The Kier molecular flexibility index (Phi) is 3.74. The third kappa shape index (κ3) is 2.64. The summed E-state index contributed by atoms with van der Waals surface area (Å²) in [5.41, 5.74) is 8.68. The molecule has 1 N–H and O–H groups in total. The van der Waals surface area contributed by atoms with Gasteiger partial charge in [0.2, 0.25) is 0 Å². The first-order valence-corrected chi connectivity index (χ1v) is 6.23. The lowest BCUT2D eigenvalue weighted by molar-refractivity contribution is 0.131. The van der Waals surface area contributed by atoms with E-state index in [1.54, 1.807) is 0 Å². The minimum atomic E-state index is -0.406. The van der Waals surface area contributed by atoms with E-state index in [0.29, 0.717) is 5.92 Å². The molecule has 17 heavy (non-hydrogen) atoms. The summed E-state index contributed by atoms with van der Waals surface area (Å²) in [5.74, 6) is 0.370. The van der Waals surface area contributed by atoms with Gasteiger partial charge < -0.3 is 10.1 Å². The van der Waals surface area contributed by atoms with Crippen molar-refractivity contribution in [3.63, 3.8) is 0 Å². The molecule has 0 aromatic heterocycles. The van der Waals surface area contributed by atoms with E-state index < -0.39 is 6.09 Å². The normalized spacial score (nSPS) is 31.2. The van der Waals surface area contributed by atoms with Crippen LogP contribution in [0.15, 0.2) is 5.11 Å². The Labute approximate surface area is 100 Å². The Morgan fingerprint density at radius 3 is 2.71 bits per heavy atom. The van der Waals surface area contributed by atoms with Gasteiger partial charge in [0.15, 0.2) is 0 Å². The van der Waals surface area contributed by atoms with Crippen LogP contribution in [-0.2, 0) is 4.74 Å². The van der Waals surface area contributed by atoms with Crippen LogP contribution < -0.4 is 5.32 Å². The maximum absolute atomic E-state index is 11.2. The maximum Gasteiger partial charge on any atom is 0.407 e. The van der Waals surface area contributed by atoms with Crippen molar-refractivity contribution in [2.75, 3.05) is 0 Å². The number of rotatable bonds is 3. The highest BCUT2D eigenvalue weighted by molar-refractivity contribution is 5.70. The molecule has 2 aliphatic rings. The summed E-state index contributed by atoms with van der Waals surface area (Å²) in [6.07, 6.45) is 5.13. The van der Waals surface area contributed by atoms with E-state index in [2.05, 4.69) is 15.3 Å². The first-order chi connectivity index (χ1) is 8.22. The molecular formula is C11H18N4O2. The minimum Gasteiger partial charge on any atom is -0.444 e. The van der Waals surface area contributed by atoms with E-state index in [1.165, 1.54) is 19.3 Å². The zero-order valence-electron chi connectivity index (χ0n) is 10.0. The molecule has 1 aliphatic carbocycles. The predicted octanol–water partition coefficient (Wildman–Crippen LogP) is 2.74. The number of azide groups is 1. The van der Waals surface area contributed by atoms with Crippen LogP contribution in [0.3, 0.4) is 0 Å². The van der Waals surface area contributed by atoms with Crippen LogP contribution >= 0.6 is 0 Å². The standard InChI is InChI=1S/C11H18N4O2/c1-7-9(13-11(16)17-7)10(14-15-12)8-5-3-2-4-6-8/h7-10H,2-6H2,1H3,(H,13,16)/t7-,9+,10-/m0/s1. The molecule has 2 fully saturated rings. The predicted molar refractivity (Wildman–Crippen MR) is 62.4 cm³/mol. The van der Waals surface area contributed by atoms with Gasteiger partial charge in [0.1, 0.15) is 6.10 Å². The Bertz CT molecular complexity index is 334. The lowest BCUT2D eigenvalue weighted by atomic mass is 9.80. The van der Waals surface area contributed by atoms with Gasteiger partial charge in [0, 0.05) is 4.91 Å². The third-order valence-electron chi connectivity index (χ3n) is 3.77. The fourth-order valence-electron chi connectivity index (χ4n) is 2.89. The topological polar surface area (TPSA) is 87.1 Å². The number of cyclic esters (lactones) is 1. The van der Waals surface area contributed by atoms with Gasteiger partial charge in [-0.15, -0.1) is 0 Å². The molecule has 2 rings (SSSR count). The van der Waals surface area contributed by atoms with Crippen molar-refractivity contribution in [3.8, 4) is 0 Å². The molecule has 0 spiro atoms. The van der Waals surface area contributed by atoms with Crippen molar-refractivity contribution in [2.24, 2.45) is 11.0 Å². The number of hydrogen-bond donors (Lipinski definition) is 1. The average Bonchev–Trinajstić information content (AvgIpc) is 2.66. The first-order valence-electron chi connectivity index (χ1n) is 6.23. The number of carbonyl (C=O) groups excluding carboxylic acids is 1. The molecule has 0 aromatic rings. The lowest BCUT2D eigenvalue weighted by Gasteiger charge is -2.31. The molecule has 1 aliphatic heterocycles. The highest BCUT2D eigenvalue weighted by Crippen LogP contribution is 2.31. The fraction of sp³-hybridized carbons (Fsp3) is 0.909. The van der Waals surface area contributed by atoms with Gasteiger partial charge >= 0.3 is 6.09 Å². The molecule has 6 heteroatoms. The molecule has 3 atom stereocenters. The number of ether oxygens (including phenoxy) is 1. The maximum atomic E-state index is 11.2. The van der Waals surface area contributed by atoms with Crippen LogP contribution in [-0.4, -0.2) is 24.3 Å². The van der Waals surface area contributed by atoms with Crippen molar-refractivity contribution in [1.29, 1.82) is 0 Å². The van der Waals surface area contributed by atoms with E-state index in [-0.39, 0.29) is 18.2 Å². The zero-order valence-corrected chi connectivity index (χ0v) is 10.0. The van der Waals surface area contributed by atoms with Gasteiger partial charge in [-0.1, -0.05) is 24.4 Å². The largest absolute Gasteiger partial charge is 0.444 e. The number of nitrogens with one attached hydrogen (secondary N) is 1. The number of hydrogen-bond acceptors (Lipinski definition) is 3. The molecular weight excluding hydrogens is 220 g/mol. The van der Waals surface area contributed by atoms with Crippen LogP contribution in [0.1, 0.15) is 39.0 Å². The number of carbonyl (C=O) groups is 1. The van der Waals surface area contributed by atoms with Gasteiger partial charge in [-0.2, -0.15) is 0 Å². The van der Waals surface area contributed by atoms with Gasteiger partial charge in [-0.25, -0.2) is 4.79 Å². The summed E-state index contributed by atoms with van der Waals surface area (Å²) < 4.78 is 5.06. The Morgan fingerprint density at radius 1 is 1.47 bits per heavy atom. The molecule has 0 bridgehead atoms. The second kappa shape index (κ2) is 5.27. The molecule has 0 aromatic carbocycles. The molecule has 0 radical (unpaired) electrons. The van der Waals surface area contributed by atoms with Crippen LogP contribution in [0.2, 0.25) is 0 Å². The van der Waals surface area contributed by atoms with Crippen molar-refractivity contribution < 1.29 is 9.53 Å². The summed E-state index contributed by atoms with van der Waals surface area (Å²) in [6.45, 7) is 1.84. The van der Waals surface area contributed by atoms with Gasteiger partial charge in [0.25, 0.3) is 0 Å². The molecule has 1 amide bonds. The van der Waals surface area contributed by atoms with Gasteiger partial charge in [-0.05, 0) is 31.2 Å². The molecule has 6 nitrogen and oxygen atoms in total. The van der Waals surface area contributed by atoms with Crippen LogP contribution in [0.25, 0.3) is 10.4 Å². The summed E-state index contributed by atoms with van der Waals surface area (Å²) in [4.78, 5) is 14.1. The minimum absolute atomic E-state index is 0.179. The molecule has 1 saturated heterocycles. The first kappa shape index (κ1) is 12.0. The zero-order chi connectivity index (χ0) is 12.3. The van der Waals surface area contributed by atoms with Crippen LogP contribution in [0.5, 0.6) is 0 Å². The summed E-state index contributed by atoms with van der Waals surface area (Å²) in [7, 11) is 0. The fourth-order valence-corrected chi connectivity index (χ4v) is 2.89. The van der Waals surface area contributed by atoms with Gasteiger partial charge in [-0.3, -0.25) is 0 Å². The molecule has 1 saturated carbocycles. The summed E-state index contributed by atoms with van der Waals surface area (Å²) in [6, 6.07) is -0.358. The van der Waals surface area contributed by atoms with Crippen molar-refractivity contribution in [2.45, 2.75) is 57.2 Å². The van der Waals surface area contributed by atoms with E-state index in [9.17, 15) is 4.79 Å². The third-order valence-corrected chi connectivity index (χ3v) is 3.77. The molecule has 1 heterocycles. The Hall–Kier alpha value is -1.42. The average molecular weight is 238 g/mol.